The van der Waals surface area contributed by atoms with E-state index in [-0.39, 0.29) is 39.3 Å². The summed E-state index contributed by atoms with van der Waals surface area (Å²) in [7, 11) is 0. The van der Waals surface area contributed by atoms with Gasteiger partial charge < -0.3 is 18.9 Å². The average molecular weight is 565 g/mol. The molecule has 2 aliphatic rings. The van der Waals surface area contributed by atoms with Gasteiger partial charge in [0.05, 0.1) is 13.2 Å². The van der Waals surface area contributed by atoms with Gasteiger partial charge in [0.15, 0.2) is 0 Å². The number of epoxide rings is 2. The minimum atomic E-state index is -0.254. The Hall–Kier alpha value is -2.04. The summed E-state index contributed by atoms with van der Waals surface area (Å²) in [6.45, 7) is 35.0. The quantitative estimate of drug-likeness (QED) is 0.301. The summed E-state index contributed by atoms with van der Waals surface area (Å²) in [6, 6.07) is 9.61. The molecule has 0 saturated carbocycles. The Morgan fingerprint density at radius 2 is 0.756 bits per heavy atom. The lowest BCUT2D eigenvalue weighted by Crippen LogP contribution is -2.27. The van der Waals surface area contributed by atoms with Crippen LogP contribution in [0.4, 0.5) is 0 Å². The van der Waals surface area contributed by atoms with Crippen LogP contribution in [0.3, 0.4) is 0 Å². The largest absolute Gasteiger partial charge is 0.490 e. The molecule has 0 spiro atoms. The van der Waals surface area contributed by atoms with Gasteiger partial charge in [-0.25, -0.2) is 0 Å². The molecule has 0 radical (unpaired) electrons. The number of hydrogen-bond donors (Lipinski definition) is 0. The third-order valence-corrected chi connectivity index (χ3v) is 8.49. The first-order valence-electron chi connectivity index (χ1n) is 15.5. The van der Waals surface area contributed by atoms with Crippen molar-refractivity contribution in [2.24, 2.45) is 0 Å². The summed E-state index contributed by atoms with van der Waals surface area (Å²) in [5.74, 6) is 2.05. The standard InChI is InChI=1S/C37H56O4/c1-33(2,3)27-15-23(16-28(34(4,5)6)31(27)40-21-25-19-38-25)37(13,14)24-17-29(35(7,8)9)32(41-22-26-20-39-26)30(18-24)36(10,11)12/h15-18,25-26H,19-22H2,1-14H3. The summed E-state index contributed by atoms with van der Waals surface area (Å²) < 4.78 is 24.1. The number of rotatable bonds is 8. The fraction of sp³-hybridized carbons (Fsp3) is 0.676. The molecule has 0 aliphatic carbocycles. The van der Waals surface area contributed by atoms with E-state index in [1.807, 2.05) is 0 Å². The molecule has 2 unspecified atom stereocenters. The summed E-state index contributed by atoms with van der Waals surface area (Å²) in [6.07, 6.45) is 0.427. The molecule has 4 nitrogen and oxygen atoms in total. The SMILES string of the molecule is CC(C)(C)c1cc(C(C)(C)c2cc(C(C)(C)C)c(OCC3CO3)c(C(C)(C)C)c2)cc(C(C)(C)C)c1OCC1CO1. The molecular formula is C37H56O4. The fourth-order valence-electron chi connectivity index (χ4n) is 5.37. The van der Waals surface area contributed by atoms with Gasteiger partial charge in [-0.1, -0.05) is 121 Å². The van der Waals surface area contributed by atoms with E-state index in [1.54, 1.807) is 0 Å². The van der Waals surface area contributed by atoms with Gasteiger partial charge in [-0.15, -0.1) is 0 Å². The zero-order valence-electron chi connectivity index (χ0n) is 28.4. The van der Waals surface area contributed by atoms with Crippen LogP contribution in [0.5, 0.6) is 11.5 Å². The molecule has 0 amide bonds. The minimum absolute atomic E-state index is 0.0818. The first kappa shape index (κ1) is 31.9. The van der Waals surface area contributed by atoms with Crippen LogP contribution in [-0.2, 0) is 36.5 Å². The molecule has 228 valence electrons. The van der Waals surface area contributed by atoms with Gasteiger partial charge in [0.1, 0.15) is 36.9 Å². The maximum Gasteiger partial charge on any atom is 0.126 e. The predicted octanol–water partition coefficient (Wildman–Crippen LogP) is 8.76. The molecule has 4 heteroatoms. The lowest BCUT2D eigenvalue weighted by Gasteiger charge is -2.37. The molecule has 2 heterocycles. The Kier molecular flexibility index (Phi) is 8.24. The molecule has 2 aliphatic heterocycles. The van der Waals surface area contributed by atoms with Crippen molar-refractivity contribution in [1.82, 2.24) is 0 Å². The van der Waals surface area contributed by atoms with Crippen LogP contribution < -0.4 is 9.47 Å². The van der Waals surface area contributed by atoms with E-state index in [9.17, 15) is 0 Å². The molecule has 2 aromatic rings. The van der Waals surface area contributed by atoms with Crippen LogP contribution in [-0.4, -0.2) is 38.6 Å². The van der Waals surface area contributed by atoms with Gasteiger partial charge in [-0.3, -0.25) is 0 Å². The van der Waals surface area contributed by atoms with E-state index < -0.39 is 0 Å². The van der Waals surface area contributed by atoms with Crippen molar-refractivity contribution in [2.75, 3.05) is 26.4 Å². The van der Waals surface area contributed by atoms with Crippen molar-refractivity contribution in [3.05, 3.63) is 57.6 Å². The average Bonchev–Trinajstić information content (AvgIpc) is 3.73. The van der Waals surface area contributed by atoms with Crippen LogP contribution in [0.15, 0.2) is 24.3 Å². The molecule has 0 aromatic heterocycles. The Morgan fingerprint density at radius 1 is 0.512 bits per heavy atom. The Labute approximate surface area is 250 Å². The number of hydrogen-bond acceptors (Lipinski definition) is 4. The number of ether oxygens (including phenoxy) is 4. The third kappa shape index (κ3) is 7.31. The first-order chi connectivity index (χ1) is 18.6. The zero-order chi connectivity index (χ0) is 30.8. The van der Waals surface area contributed by atoms with E-state index in [2.05, 4.69) is 121 Å². The van der Waals surface area contributed by atoms with Crippen molar-refractivity contribution in [1.29, 1.82) is 0 Å². The fourth-order valence-corrected chi connectivity index (χ4v) is 5.37. The van der Waals surface area contributed by atoms with E-state index >= 15 is 0 Å². The lowest BCUT2D eigenvalue weighted by molar-refractivity contribution is 0.252. The molecule has 41 heavy (non-hydrogen) atoms. The minimum Gasteiger partial charge on any atom is -0.490 e. The van der Waals surface area contributed by atoms with E-state index in [4.69, 9.17) is 18.9 Å². The molecular weight excluding hydrogens is 508 g/mol. The summed E-state index contributed by atoms with van der Waals surface area (Å²) in [5.41, 5.74) is 7.05. The second-order valence-electron chi connectivity index (χ2n) is 17.0. The predicted molar refractivity (Wildman–Crippen MR) is 170 cm³/mol. The molecule has 0 bridgehead atoms. The Balaban J connectivity index is 1.93. The smallest absolute Gasteiger partial charge is 0.126 e. The van der Waals surface area contributed by atoms with Gasteiger partial charge in [-0.2, -0.15) is 0 Å². The Morgan fingerprint density at radius 3 is 0.951 bits per heavy atom. The summed E-state index contributed by atoms with van der Waals surface area (Å²) in [5, 5.41) is 0. The summed E-state index contributed by atoms with van der Waals surface area (Å²) in [4.78, 5) is 0. The second kappa shape index (κ2) is 10.6. The van der Waals surface area contributed by atoms with Gasteiger partial charge in [-0.05, 0) is 32.8 Å². The maximum absolute atomic E-state index is 6.56. The van der Waals surface area contributed by atoms with Crippen LogP contribution in [0.1, 0.15) is 130 Å². The van der Waals surface area contributed by atoms with Crippen LogP contribution in [0.2, 0.25) is 0 Å². The van der Waals surface area contributed by atoms with Gasteiger partial charge in [0, 0.05) is 27.7 Å². The summed E-state index contributed by atoms with van der Waals surface area (Å²) >= 11 is 0. The van der Waals surface area contributed by atoms with Crippen molar-refractivity contribution in [3.63, 3.8) is 0 Å². The van der Waals surface area contributed by atoms with Crippen molar-refractivity contribution in [3.8, 4) is 11.5 Å². The topological polar surface area (TPSA) is 43.5 Å². The molecule has 0 N–H and O–H groups in total. The second-order valence-corrected chi connectivity index (χ2v) is 17.0. The normalized spacial score (nSPS) is 19.8. The monoisotopic (exact) mass is 564 g/mol. The highest BCUT2D eigenvalue weighted by Gasteiger charge is 2.37. The van der Waals surface area contributed by atoms with E-state index in [1.165, 1.54) is 33.4 Å². The molecule has 2 aromatic carbocycles. The highest BCUT2D eigenvalue weighted by Crippen LogP contribution is 2.48. The van der Waals surface area contributed by atoms with Crippen LogP contribution >= 0.6 is 0 Å². The third-order valence-electron chi connectivity index (χ3n) is 8.49. The molecule has 2 saturated heterocycles. The van der Waals surface area contributed by atoms with Gasteiger partial charge in [0.2, 0.25) is 0 Å². The highest BCUT2D eigenvalue weighted by molar-refractivity contribution is 5.57. The highest BCUT2D eigenvalue weighted by atomic mass is 16.6. The molecule has 4 rings (SSSR count). The first-order valence-corrected chi connectivity index (χ1v) is 15.5. The Bertz CT molecular complexity index is 1080. The molecule has 2 fully saturated rings. The van der Waals surface area contributed by atoms with Crippen molar-refractivity contribution < 1.29 is 18.9 Å². The maximum atomic E-state index is 6.56. The van der Waals surface area contributed by atoms with E-state index in [0.29, 0.717) is 13.2 Å². The van der Waals surface area contributed by atoms with Gasteiger partial charge in [0.25, 0.3) is 0 Å². The van der Waals surface area contributed by atoms with Crippen LogP contribution in [0, 0.1) is 0 Å². The van der Waals surface area contributed by atoms with Crippen molar-refractivity contribution >= 4 is 0 Å². The van der Waals surface area contributed by atoms with Crippen LogP contribution in [0.25, 0.3) is 0 Å². The lowest BCUT2D eigenvalue weighted by atomic mass is 9.69. The van der Waals surface area contributed by atoms with Crippen molar-refractivity contribution in [2.45, 2.75) is 136 Å². The van der Waals surface area contributed by atoms with E-state index in [0.717, 1.165) is 24.7 Å². The van der Waals surface area contributed by atoms with Gasteiger partial charge >= 0.3 is 0 Å². The number of benzene rings is 2. The molecule has 2 atom stereocenters. The zero-order valence-corrected chi connectivity index (χ0v) is 28.4.